The van der Waals surface area contributed by atoms with Crippen LogP contribution in [0.1, 0.15) is 29.9 Å². The lowest BCUT2D eigenvalue weighted by Crippen LogP contribution is -2.51. The van der Waals surface area contributed by atoms with E-state index in [1.807, 2.05) is 6.07 Å². The Morgan fingerprint density at radius 3 is 2.62 bits per heavy atom. The van der Waals surface area contributed by atoms with Crippen molar-refractivity contribution in [3.05, 3.63) is 53.4 Å². The van der Waals surface area contributed by atoms with E-state index in [1.54, 1.807) is 6.07 Å². The number of hydrogen-bond acceptors (Lipinski definition) is 5. The van der Waals surface area contributed by atoms with Gasteiger partial charge in [0, 0.05) is 25.1 Å². The predicted molar refractivity (Wildman–Crippen MR) is 92.0 cm³/mol. The first kappa shape index (κ1) is 20.5. The Bertz CT molecular complexity index is 952. The van der Waals surface area contributed by atoms with E-state index in [2.05, 4.69) is 20.6 Å². The molecule has 0 spiro atoms. The lowest BCUT2D eigenvalue weighted by Gasteiger charge is -2.37. The molecule has 0 saturated carbocycles. The molecule has 7 nitrogen and oxygen atoms in total. The molecule has 2 N–H and O–H groups in total. The summed E-state index contributed by atoms with van der Waals surface area (Å²) < 4.78 is 57.4. The summed E-state index contributed by atoms with van der Waals surface area (Å²) in [7, 11) is 0. The van der Waals surface area contributed by atoms with Gasteiger partial charge in [0.05, 0.1) is 16.8 Å². The van der Waals surface area contributed by atoms with E-state index in [4.69, 9.17) is 10.00 Å². The second-order valence-electron chi connectivity index (χ2n) is 6.34. The molecule has 0 atom stereocenters. The summed E-state index contributed by atoms with van der Waals surface area (Å²) >= 11 is 0. The zero-order valence-corrected chi connectivity index (χ0v) is 14.9. The van der Waals surface area contributed by atoms with Gasteiger partial charge in [-0.1, -0.05) is 0 Å². The van der Waals surface area contributed by atoms with Crippen molar-refractivity contribution in [3.63, 3.8) is 0 Å². The van der Waals surface area contributed by atoms with Crippen LogP contribution >= 0.6 is 0 Å². The molecule has 3 rings (SSSR count). The number of amides is 2. The maximum absolute atomic E-state index is 13.4. The van der Waals surface area contributed by atoms with Gasteiger partial charge in [-0.2, -0.15) is 18.4 Å². The molecule has 0 radical (unpaired) electrons. The lowest BCUT2D eigenvalue weighted by atomic mass is 9.86. The van der Waals surface area contributed by atoms with Crippen LogP contribution in [0.15, 0.2) is 30.5 Å². The first-order chi connectivity index (χ1) is 13.7. The molecular formula is C18H15F4N5O2. The third-order valence-electron chi connectivity index (χ3n) is 4.47. The fraction of sp³-hybridized carbons (Fsp3) is 0.333. The number of nitrogens with zero attached hydrogens (tertiary/aromatic N) is 3. The number of anilines is 1. The second-order valence-corrected chi connectivity index (χ2v) is 6.34. The maximum atomic E-state index is 13.4. The summed E-state index contributed by atoms with van der Waals surface area (Å²) in [4.78, 5) is 20.4. The molecule has 0 unspecified atom stereocenters. The minimum atomic E-state index is -4.89. The number of nitriles is 1. The van der Waals surface area contributed by atoms with E-state index in [0.717, 1.165) is 6.07 Å². The first-order valence-corrected chi connectivity index (χ1v) is 8.51. The van der Waals surface area contributed by atoms with Crippen molar-refractivity contribution in [2.24, 2.45) is 0 Å². The van der Waals surface area contributed by atoms with Gasteiger partial charge in [-0.15, -0.1) is 0 Å². The number of carbonyl (C=O) groups is 1. The van der Waals surface area contributed by atoms with E-state index >= 15 is 0 Å². The highest BCUT2D eigenvalue weighted by molar-refractivity contribution is 5.90. The molecule has 1 aliphatic rings. The monoisotopic (exact) mass is 409 g/mol. The van der Waals surface area contributed by atoms with Crippen molar-refractivity contribution in [2.45, 2.75) is 24.6 Å². The highest BCUT2D eigenvalue weighted by atomic mass is 19.4. The molecule has 29 heavy (non-hydrogen) atoms. The van der Waals surface area contributed by atoms with Crippen LogP contribution in [0.5, 0.6) is 0 Å². The van der Waals surface area contributed by atoms with Crippen molar-refractivity contribution in [1.29, 1.82) is 5.26 Å². The number of ether oxygens (including phenoxy) is 1. The Morgan fingerprint density at radius 1 is 1.24 bits per heavy atom. The second kappa shape index (κ2) is 8.00. The Balaban J connectivity index is 1.84. The van der Waals surface area contributed by atoms with Crippen molar-refractivity contribution in [3.8, 4) is 6.07 Å². The van der Waals surface area contributed by atoms with Crippen LogP contribution in [-0.2, 0) is 16.5 Å². The van der Waals surface area contributed by atoms with E-state index < -0.39 is 29.1 Å². The molecule has 11 heteroatoms. The van der Waals surface area contributed by atoms with E-state index in [0.29, 0.717) is 43.9 Å². The molecule has 1 aromatic carbocycles. The number of aromatic nitrogens is 2. The SMILES string of the molecule is N#Cc1nccc(C2(NC(=O)Nc3ccc(F)c(C(F)(F)F)c3)CCOCC2)n1. The lowest BCUT2D eigenvalue weighted by molar-refractivity contribution is -0.139. The highest BCUT2D eigenvalue weighted by Gasteiger charge is 2.38. The van der Waals surface area contributed by atoms with Crippen LogP contribution in [0.25, 0.3) is 0 Å². The molecule has 1 aliphatic heterocycles. The van der Waals surface area contributed by atoms with Crippen LogP contribution in [0.4, 0.5) is 28.0 Å². The van der Waals surface area contributed by atoms with Gasteiger partial charge in [0.1, 0.15) is 11.9 Å². The van der Waals surface area contributed by atoms with Gasteiger partial charge in [-0.25, -0.2) is 19.2 Å². The summed E-state index contributed by atoms with van der Waals surface area (Å²) in [6, 6.07) is 4.74. The molecule has 0 aliphatic carbocycles. The van der Waals surface area contributed by atoms with E-state index in [1.165, 1.54) is 6.20 Å². The fourth-order valence-corrected chi connectivity index (χ4v) is 3.04. The topological polar surface area (TPSA) is 99.9 Å². The highest BCUT2D eigenvalue weighted by Crippen LogP contribution is 2.34. The van der Waals surface area contributed by atoms with Gasteiger partial charge >= 0.3 is 12.2 Å². The smallest absolute Gasteiger partial charge is 0.381 e. The normalized spacial score (nSPS) is 16.0. The zero-order valence-electron chi connectivity index (χ0n) is 14.9. The standard InChI is InChI=1S/C18H15F4N5O2/c19-13-2-1-11(9-12(13)18(20,21)22)25-16(28)27-17(4-7-29-8-5-17)14-3-6-24-15(10-23)26-14/h1-3,6,9H,4-5,7-8H2,(H2,25,27,28). The Kier molecular flexibility index (Phi) is 5.65. The predicted octanol–water partition coefficient (Wildman–Crippen LogP) is 3.33. The number of halogens is 4. The Hall–Kier alpha value is -3.26. The van der Waals surface area contributed by atoms with Gasteiger partial charge in [0.2, 0.25) is 5.82 Å². The third kappa shape index (κ3) is 4.60. The van der Waals surface area contributed by atoms with Crippen LogP contribution in [-0.4, -0.2) is 29.2 Å². The number of benzene rings is 1. The largest absolute Gasteiger partial charge is 0.419 e. The average molecular weight is 409 g/mol. The van der Waals surface area contributed by atoms with Gasteiger partial charge in [-0.05, 0) is 37.1 Å². The molecule has 2 amide bonds. The van der Waals surface area contributed by atoms with Crippen LogP contribution in [0, 0.1) is 17.1 Å². The van der Waals surface area contributed by atoms with Crippen LogP contribution in [0.2, 0.25) is 0 Å². The third-order valence-corrected chi connectivity index (χ3v) is 4.47. The summed E-state index contributed by atoms with van der Waals surface area (Å²) in [5.41, 5.74) is -2.31. The average Bonchev–Trinajstić information content (AvgIpc) is 2.69. The van der Waals surface area contributed by atoms with E-state index in [9.17, 15) is 22.4 Å². The summed E-state index contributed by atoms with van der Waals surface area (Å²) in [5, 5.41) is 14.0. The van der Waals surface area contributed by atoms with Gasteiger partial charge in [-0.3, -0.25) is 0 Å². The summed E-state index contributed by atoms with van der Waals surface area (Å²) in [6.07, 6.45) is -2.85. The zero-order chi connectivity index (χ0) is 21.1. The molecule has 152 valence electrons. The quantitative estimate of drug-likeness (QED) is 0.758. The Labute approximate surface area is 162 Å². The van der Waals surface area contributed by atoms with Gasteiger partial charge in [0.25, 0.3) is 0 Å². The van der Waals surface area contributed by atoms with Gasteiger partial charge < -0.3 is 15.4 Å². The van der Waals surface area contributed by atoms with Crippen molar-refractivity contribution in [2.75, 3.05) is 18.5 Å². The number of alkyl halides is 3. The number of nitrogens with one attached hydrogen (secondary N) is 2. The number of rotatable bonds is 3. The molecular weight excluding hydrogens is 394 g/mol. The molecule has 2 aromatic rings. The maximum Gasteiger partial charge on any atom is 0.419 e. The van der Waals surface area contributed by atoms with Crippen molar-refractivity contribution < 1.29 is 27.1 Å². The first-order valence-electron chi connectivity index (χ1n) is 8.51. The Morgan fingerprint density at radius 2 is 1.97 bits per heavy atom. The summed E-state index contributed by atoms with van der Waals surface area (Å²) in [6.45, 7) is 0.613. The summed E-state index contributed by atoms with van der Waals surface area (Å²) in [5.74, 6) is -1.52. The fourth-order valence-electron chi connectivity index (χ4n) is 3.04. The molecule has 1 fully saturated rings. The van der Waals surface area contributed by atoms with Crippen molar-refractivity contribution >= 4 is 11.7 Å². The number of urea groups is 1. The molecule has 1 aromatic heterocycles. The molecule has 1 saturated heterocycles. The number of hydrogen-bond donors (Lipinski definition) is 2. The van der Waals surface area contributed by atoms with Crippen molar-refractivity contribution in [1.82, 2.24) is 15.3 Å². The minimum absolute atomic E-state index is 0.0797. The number of carbonyl (C=O) groups excluding carboxylic acids is 1. The molecule has 0 bridgehead atoms. The minimum Gasteiger partial charge on any atom is -0.381 e. The molecule has 2 heterocycles. The van der Waals surface area contributed by atoms with Crippen LogP contribution in [0.3, 0.4) is 0 Å². The van der Waals surface area contributed by atoms with Crippen LogP contribution < -0.4 is 10.6 Å². The van der Waals surface area contributed by atoms with E-state index in [-0.39, 0.29) is 11.5 Å². The van der Waals surface area contributed by atoms with Gasteiger partial charge in [0.15, 0.2) is 0 Å².